The third-order valence-corrected chi connectivity index (χ3v) is 3.81. The first kappa shape index (κ1) is 10.3. The average molecular weight is 222 g/mol. The van der Waals surface area contributed by atoms with Gasteiger partial charge >= 0.3 is 0 Å². The molecule has 2 aromatic carbocycles. The second-order valence-corrected chi connectivity index (χ2v) is 4.63. The van der Waals surface area contributed by atoms with Crippen LogP contribution in [0, 0.1) is 5.92 Å². The number of carbonyl (C=O) groups is 1. The standard InChI is InChI=1S/C16H14O/c1-12-15(17)16(12,13-8-4-2-5-9-13)14-10-6-3-7-11-14/h2-12H,1H3. The Morgan fingerprint density at radius 1 is 0.824 bits per heavy atom. The van der Waals surface area contributed by atoms with E-state index in [1.165, 1.54) is 0 Å². The molecule has 0 aliphatic heterocycles. The van der Waals surface area contributed by atoms with Crippen molar-refractivity contribution in [2.24, 2.45) is 5.92 Å². The highest BCUT2D eigenvalue weighted by Gasteiger charge is 2.63. The van der Waals surface area contributed by atoms with E-state index in [9.17, 15) is 4.79 Å². The van der Waals surface area contributed by atoms with E-state index in [1.807, 2.05) is 43.3 Å². The number of carbonyl (C=O) groups excluding carboxylic acids is 1. The molecule has 0 heterocycles. The molecule has 0 spiro atoms. The van der Waals surface area contributed by atoms with Gasteiger partial charge in [-0.15, -0.1) is 0 Å². The van der Waals surface area contributed by atoms with Gasteiger partial charge in [-0.3, -0.25) is 4.79 Å². The number of Topliss-reactive ketones (excluding diaryl/α,β-unsaturated/α-hetero) is 1. The second-order valence-electron chi connectivity index (χ2n) is 4.63. The lowest BCUT2D eigenvalue weighted by Gasteiger charge is -2.15. The maximum atomic E-state index is 12.1. The fourth-order valence-electron chi connectivity index (χ4n) is 2.80. The molecule has 0 saturated heterocycles. The summed E-state index contributed by atoms with van der Waals surface area (Å²) in [6.07, 6.45) is 0. The minimum absolute atomic E-state index is 0.0901. The zero-order valence-electron chi connectivity index (χ0n) is 9.76. The molecule has 0 bridgehead atoms. The van der Waals surface area contributed by atoms with Gasteiger partial charge in [0.15, 0.2) is 5.78 Å². The van der Waals surface area contributed by atoms with E-state index < -0.39 is 0 Å². The van der Waals surface area contributed by atoms with Crippen molar-refractivity contribution in [3.63, 3.8) is 0 Å². The van der Waals surface area contributed by atoms with Crippen LogP contribution < -0.4 is 0 Å². The van der Waals surface area contributed by atoms with Crippen molar-refractivity contribution in [1.29, 1.82) is 0 Å². The molecule has 1 heteroatoms. The van der Waals surface area contributed by atoms with E-state index in [2.05, 4.69) is 24.3 Å². The molecule has 1 fully saturated rings. The summed E-state index contributed by atoms with van der Waals surface area (Å²) < 4.78 is 0. The van der Waals surface area contributed by atoms with Crippen molar-refractivity contribution in [3.8, 4) is 0 Å². The molecule has 1 aliphatic rings. The van der Waals surface area contributed by atoms with Gasteiger partial charge in [0, 0.05) is 5.92 Å². The fourth-order valence-corrected chi connectivity index (χ4v) is 2.80. The normalized spacial score (nSPS) is 21.2. The summed E-state index contributed by atoms with van der Waals surface area (Å²) in [5, 5.41) is 0. The molecule has 0 amide bonds. The summed E-state index contributed by atoms with van der Waals surface area (Å²) in [7, 11) is 0. The largest absolute Gasteiger partial charge is 0.298 e. The highest BCUT2D eigenvalue weighted by Crippen LogP contribution is 2.54. The van der Waals surface area contributed by atoms with Crippen molar-refractivity contribution >= 4 is 5.78 Å². The number of rotatable bonds is 2. The summed E-state index contributed by atoms with van der Waals surface area (Å²) in [6.45, 7) is 2.02. The second kappa shape index (κ2) is 3.56. The van der Waals surface area contributed by atoms with Crippen LogP contribution in [-0.4, -0.2) is 5.78 Å². The smallest absolute Gasteiger partial charge is 0.152 e. The highest BCUT2D eigenvalue weighted by atomic mass is 16.1. The van der Waals surface area contributed by atoms with Crippen LogP contribution in [0.3, 0.4) is 0 Å². The first-order valence-corrected chi connectivity index (χ1v) is 5.93. The predicted molar refractivity (Wildman–Crippen MR) is 67.8 cm³/mol. The molecular weight excluding hydrogens is 208 g/mol. The zero-order valence-corrected chi connectivity index (χ0v) is 9.76. The van der Waals surface area contributed by atoms with Crippen LogP contribution >= 0.6 is 0 Å². The molecule has 3 rings (SSSR count). The summed E-state index contributed by atoms with van der Waals surface area (Å²) in [6, 6.07) is 20.2. The van der Waals surface area contributed by atoms with E-state index in [0.717, 1.165) is 11.1 Å². The van der Waals surface area contributed by atoms with Gasteiger partial charge in [0.1, 0.15) is 0 Å². The van der Waals surface area contributed by atoms with Gasteiger partial charge < -0.3 is 0 Å². The van der Waals surface area contributed by atoms with Gasteiger partial charge in [-0.2, -0.15) is 0 Å². The topological polar surface area (TPSA) is 17.1 Å². The molecule has 1 saturated carbocycles. The van der Waals surface area contributed by atoms with Gasteiger partial charge in [-0.05, 0) is 11.1 Å². The molecular formula is C16H14O. The van der Waals surface area contributed by atoms with Gasteiger partial charge in [0.05, 0.1) is 5.41 Å². The van der Waals surface area contributed by atoms with Crippen molar-refractivity contribution in [2.75, 3.05) is 0 Å². The molecule has 0 aromatic heterocycles. The SMILES string of the molecule is CC1C(=O)C1(c1ccccc1)c1ccccc1. The number of ketones is 1. The predicted octanol–water partition coefficient (Wildman–Crippen LogP) is 3.19. The third-order valence-electron chi connectivity index (χ3n) is 3.81. The van der Waals surface area contributed by atoms with E-state index in [4.69, 9.17) is 0 Å². The lowest BCUT2D eigenvalue weighted by Crippen LogP contribution is -2.13. The van der Waals surface area contributed by atoms with E-state index in [0.29, 0.717) is 5.78 Å². The van der Waals surface area contributed by atoms with Crippen molar-refractivity contribution < 1.29 is 4.79 Å². The first-order valence-electron chi connectivity index (χ1n) is 5.93. The van der Waals surface area contributed by atoms with Crippen LogP contribution in [0.5, 0.6) is 0 Å². The lowest BCUT2D eigenvalue weighted by molar-refractivity contribution is -0.112. The van der Waals surface area contributed by atoms with Crippen LogP contribution in [0.1, 0.15) is 18.1 Å². The minimum Gasteiger partial charge on any atom is -0.298 e. The molecule has 1 atom stereocenters. The summed E-state index contributed by atoms with van der Waals surface area (Å²) in [5.41, 5.74) is 1.84. The molecule has 1 aliphatic carbocycles. The zero-order chi connectivity index (χ0) is 11.9. The van der Waals surface area contributed by atoms with Crippen LogP contribution in [0.25, 0.3) is 0 Å². The molecule has 17 heavy (non-hydrogen) atoms. The number of benzene rings is 2. The molecule has 1 nitrogen and oxygen atoms in total. The van der Waals surface area contributed by atoms with E-state index in [1.54, 1.807) is 0 Å². The molecule has 0 radical (unpaired) electrons. The summed E-state index contributed by atoms with van der Waals surface area (Å²) >= 11 is 0. The molecule has 1 unspecified atom stereocenters. The Labute approximate surface area is 101 Å². The van der Waals surface area contributed by atoms with Crippen molar-refractivity contribution in [1.82, 2.24) is 0 Å². The number of hydrogen-bond acceptors (Lipinski definition) is 1. The van der Waals surface area contributed by atoms with Crippen LogP contribution in [0.15, 0.2) is 60.7 Å². The van der Waals surface area contributed by atoms with Crippen LogP contribution in [0.2, 0.25) is 0 Å². The van der Waals surface area contributed by atoms with Gasteiger partial charge in [-0.25, -0.2) is 0 Å². The van der Waals surface area contributed by atoms with Gasteiger partial charge in [-0.1, -0.05) is 67.6 Å². The molecule has 84 valence electrons. The maximum Gasteiger partial charge on any atom is 0.152 e. The Kier molecular flexibility index (Phi) is 2.15. The quantitative estimate of drug-likeness (QED) is 0.762. The average Bonchev–Trinajstić information content (AvgIpc) is 2.95. The van der Waals surface area contributed by atoms with Gasteiger partial charge in [0.25, 0.3) is 0 Å². The minimum atomic E-state index is -0.386. The monoisotopic (exact) mass is 222 g/mol. The number of hydrogen-bond donors (Lipinski definition) is 0. The Bertz CT molecular complexity index is 503. The van der Waals surface area contributed by atoms with Crippen LogP contribution in [0.4, 0.5) is 0 Å². The maximum absolute atomic E-state index is 12.1. The summed E-state index contributed by atoms with van der Waals surface area (Å²) in [5.74, 6) is 0.419. The summed E-state index contributed by atoms with van der Waals surface area (Å²) in [4.78, 5) is 12.1. The van der Waals surface area contributed by atoms with Crippen molar-refractivity contribution in [2.45, 2.75) is 12.3 Å². The Hall–Kier alpha value is -1.89. The molecule has 2 aromatic rings. The Balaban J connectivity index is 2.18. The van der Waals surface area contributed by atoms with E-state index >= 15 is 0 Å². The Morgan fingerprint density at radius 2 is 1.18 bits per heavy atom. The lowest BCUT2D eigenvalue weighted by atomic mass is 9.86. The third kappa shape index (κ3) is 1.29. The highest BCUT2D eigenvalue weighted by molar-refractivity contribution is 6.12. The van der Waals surface area contributed by atoms with Crippen molar-refractivity contribution in [3.05, 3.63) is 71.8 Å². The van der Waals surface area contributed by atoms with Crippen LogP contribution in [-0.2, 0) is 10.2 Å². The van der Waals surface area contributed by atoms with Gasteiger partial charge in [0.2, 0.25) is 0 Å². The molecule has 0 N–H and O–H groups in total. The van der Waals surface area contributed by atoms with E-state index in [-0.39, 0.29) is 11.3 Å². The first-order chi connectivity index (χ1) is 8.28. The Morgan fingerprint density at radius 3 is 1.47 bits per heavy atom. The fraction of sp³-hybridized carbons (Fsp3) is 0.188.